The van der Waals surface area contributed by atoms with E-state index in [1.165, 1.54) is 36.6 Å². The first-order chi connectivity index (χ1) is 14.5. The van der Waals surface area contributed by atoms with Gasteiger partial charge in [-0.2, -0.15) is 0 Å². The molecule has 1 N–H and O–H groups in total. The van der Waals surface area contributed by atoms with Gasteiger partial charge in [0.15, 0.2) is 0 Å². The van der Waals surface area contributed by atoms with Crippen molar-refractivity contribution in [2.24, 2.45) is 0 Å². The molecule has 0 saturated carbocycles. The zero-order valence-corrected chi connectivity index (χ0v) is 17.5. The van der Waals surface area contributed by atoms with Gasteiger partial charge in [0.2, 0.25) is 0 Å². The monoisotopic (exact) mass is 431 g/mol. The summed E-state index contributed by atoms with van der Waals surface area (Å²) in [6.45, 7) is 1.60. The Labute approximate surface area is 177 Å². The first-order valence-corrected chi connectivity index (χ1v) is 10.7. The first-order valence-electron chi connectivity index (χ1n) is 9.85. The molecular formula is C23H23F2NO3S. The highest BCUT2D eigenvalue weighted by Crippen LogP contribution is 2.36. The summed E-state index contributed by atoms with van der Waals surface area (Å²) in [5.74, 6) is -0.938. The molecule has 0 aliphatic carbocycles. The molecule has 1 amide bonds. The minimum Gasteiger partial charge on any atom is -0.381 e. The smallest absolute Gasteiger partial charge is 0.261 e. The van der Waals surface area contributed by atoms with E-state index >= 15 is 0 Å². The zero-order valence-electron chi connectivity index (χ0n) is 16.7. The lowest BCUT2D eigenvalue weighted by Gasteiger charge is -2.38. The maximum absolute atomic E-state index is 14.4. The molecule has 1 aromatic heterocycles. The standard InChI is InChI=1S/C23H23F2NO3S/c1-28-13-17-20-18(25)6-3-7-19(20)30-21(17)22(27)26-14-23(8-10-29-11-9-23)15-4-2-5-16(24)12-15/h2-7,12H,8-11,13-14H2,1H3,(H,26,27). The van der Waals surface area contributed by atoms with Gasteiger partial charge in [-0.05, 0) is 42.7 Å². The fourth-order valence-electron chi connectivity index (χ4n) is 4.11. The van der Waals surface area contributed by atoms with Crippen LogP contribution in [0.15, 0.2) is 42.5 Å². The SMILES string of the molecule is COCc1c(C(=O)NCC2(c3cccc(F)c3)CCOCC2)sc2cccc(F)c12. The van der Waals surface area contributed by atoms with Gasteiger partial charge in [0.25, 0.3) is 5.91 Å². The molecule has 0 unspecified atom stereocenters. The number of fused-ring (bicyclic) bond motifs is 1. The number of halogens is 2. The van der Waals surface area contributed by atoms with E-state index in [2.05, 4.69) is 5.32 Å². The zero-order chi connectivity index (χ0) is 21.1. The first kappa shape index (κ1) is 20.9. The number of thiophene rings is 1. The van der Waals surface area contributed by atoms with E-state index < -0.39 is 5.41 Å². The van der Waals surface area contributed by atoms with Crippen LogP contribution in [-0.4, -0.2) is 32.8 Å². The molecule has 0 spiro atoms. The van der Waals surface area contributed by atoms with Crippen LogP contribution in [0.5, 0.6) is 0 Å². The fourth-order valence-corrected chi connectivity index (χ4v) is 5.25. The quantitative estimate of drug-likeness (QED) is 0.610. The van der Waals surface area contributed by atoms with Crippen molar-refractivity contribution in [2.75, 3.05) is 26.9 Å². The minimum atomic E-state index is -0.403. The third kappa shape index (κ3) is 3.97. The molecule has 1 fully saturated rings. The van der Waals surface area contributed by atoms with Gasteiger partial charge in [-0.3, -0.25) is 4.79 Å². The second-order valence-electron chi connectivity index (χ2n) is 7.54. The molecule has 4 rings (SSSR count). The number of amides is 1. The van der Waals surface area contributed by atoms with Gasteiger partial charge in [-0.1, -0.05) is 18.2 Å². The predicted molar refractivity (Wildman–Crippen MR) is 113 cm³/mol. The summed E-state index contributed by atoms with van der Waals surface area (Å²) in [6, 6.07) is 11.3. The molecule has 158 valence electrons. The van der Waals surface area contributed by atoms with Crippen LogP contribution < -0.4 is 5.32 Å². The summed E-state index contributed by atoms with van der Waals surface area (Å²) in [5, 5.41) is 3.45. The van der Waals surface area contributed by atoms with E-state index in [0.29, 0.717) is 53.1 Å². The van der Waals surface area contributed by atoms with Crippen molar-refractivity contribution in [3.8, 4) is 0 Å². The number of nitrogens with one attached hydrogen (secondary N) is 1. The van der Waals surface area contributed by atoms with Crippen molar-refractivity contribution in [3.05, 3.63) is 70.1 Å². The Morgan fingerprint density at radius 2 is 1.97 bits per heavy atom. The van der Waals surface area contributed by atoms with Gasteiger partial charge in [-0.25, -0.2) is 8.78 Å². The Balaban J connectivity index is 1.63. The molecule has 0 radical (unpaired) electrons. The average Bonchev–Trinajstić information content (AvgIpc) is 3.13. The van der Waals surface area contributed by atoms with Crippen molar-refractivity contribution in [1.82, 2.24) is 5.32 Å². The molecule has 1 aliphatic heterocycles. The lowest BCUT2D eigenvalue weighted by Crippen LogP contribution is -2.44. The molecule has 4 nitrogen and oxygen atoms in total. The second kappa shape index (κ2) is 8.79. The number of benzene rings is 2. The molecule has 2 heterocycles. The summed E-state index contributed by atoms with van der Waals surface area (Å²) in [5.41, 5.74) is 1.00. The lowest BCUT2D eigenvalue weighted by molar-refractivity contribution is 0.0486. The van der Waals surface area contributed by atoms with Crippen molar-refractivity contribution >= 4 is 27.3 Å². The van der Waals surface area contributed by atoms with E-state index in [-0.39, 0.29) is 24.1 Å². The minimum absolute atomic E-state index is 0.145. The van der Waals surface area contributed by atoms with Crippen LogP contribution in [0.1, 0.15) is 33.6 Å². The lowest BCUT2D eigenvalue weighted by atomic mass is 9.74. The second-order valence-corrected chi connectivity index (χ2v) is 8.59. The summed E-state index contributed by atoms with van der Waals surface area (Å²) in [6.07, 6.45) is 1.37. The van der Waals surface area contributed by atoms with E-state index in [1.54, 1.807) is 18.2 Å². The number of carbonyl (C=O) groups is 1. The molecule has 0 atom stereocenters. The summed E-state index contributed by atoms with van der Waals surface area (Å²) in [4.78, 5) is 13.6. The number of hydrogen-bond donors (Lipinski definition) is 1. The van der Waals surface area contributed by atoms with Crippen LogP contribution in [0, 0.1) is 11.6 Å². The van der Waals surface area contributed by atoms with Crippen molar-refractivity contribution in [1.29, 1.82) is 0 Å². The Morgan fingerprint density at radius 1 is 1.20 bits per heavy atom. The number of carbonyl (C=O) groups excluding carboxylic acids is 1. The highest BCUT2D eigenvalue weighted by molar-refractivity contribution is 7.21. The Bertz CT molecular complexity index is 1060. The number of hydrogen-bond acceptors (Lipinski definition) is 4. The van der Waals surface area contributed by atoms with Crippen LogP contribution in [-0.2, 0) is 21.5 Å². The summed E-state index contributed by atoms with van der Waals surface area (Å²) in [7, 11) is 1.52. The number of ether oxygens (including phenoxy) is 2. The highest BCUT2D eigenvalue weighted by atomic mass is 32.1. The van der Waals surface area contributed by atoms with Crippen LogP contribution in [0.25, 0.3) is 10.1 Å². The summed E-state index contributed by atoms with van der Waals surface area (Å²) < 4.78 is 39.8. The van der Waals surface area contributed by atoms with E-state index in [0.717, 1.165) is 5.56 Å². The number of rotatable bonds is 6. The molecule has 3 aromatic rings. The molecule has 0 bridgehead atoms. The highest BCUT2D eigenvalue weighted by Gasteiger charge is 2.35. The third-order valence-corrected chi connectivity index (χ3v) is 6.93. The van der Waals surface area contributed by atoms with Gasteiger partial charge in [0, 0.05) is 47.9 Å². The maximum Gasteiger partial charge on any atom is 0.261 e. The molecule has 7 heteroatoms. The summed E-state index contributed by atoms with van der Waals surface area (Å²) >= 11 is 1.25. The fraction of sp³-hybridized carbons (Fsp3) is 0.348. The van der Waals surface area contributed by atoms with E-state index in [9.17, 15) is 13.6 Å². The van der Waals surface area contributed by atoms with Crippen molar-refractivity contribution in [3.63, 3.8) is 0 Å². The van der Waals surface area contributed by atoms with Gasteiger partial charge in [0.1, 0.15) is 11.6 Å². The Morgan fingerprint density at radius 3 is 2.70 bits per heavy atom. The van der Waals surface area contributed by atoms with Gasteiger partial charge in [0.05, 0.1) is 11.5 Å². The molecule has 2 aromatic carbocycles. The van der Waals surface area contributed by atoms with Crippen LogP contribution >= 0.6 is 11.3 Å². The molecular weight excluding hydrogens is 408 g/mol. The van der Waals surface area contributed by atoms with Gasteiger partial charge >= 0.3 is 0 Å². The van der Waals surface area contributed by atoms with Gasteiger partial charge < -0.3 is 14.8 Å². The predicted octanol–water partition coefficient (Wildman–Crippen LogP) is 4.80. The van der Waals surface area contributed by atoms with Crippen molar-refractivity contribution < 1.29 is 23.0 Å². The molecule has 30 heavy (non-hydrogen) atoms. The van der Waals surface area contributed by atoms with Crippen LogP contribution in [0.2, 0.25) is 0 Å². The van der Waals surface area contributed by atoms with E-state index in [4.69, 9.17) is 9.47 Å². The Kier molecular flexibility index (Phi) is 6.13. The maximum atomic E-state index is 14.4. The Hall–Kier alpha value is -2.35. The number of methoxy groups -OCH3 is 1. The van der Waals surface area contributed by atoms with Crippen LogP contribution in [0.3, 0.4) is 0 Å². The van der Waals surface area contributed by atoms with Gasteiger partial charge in [-0.15, -0.1) is 11.3 Å². The third-order valence-electron chi connectivity index (χ3n) is 5.73. The van der Waals surface area contributed by atoms with E-state index in [1.807, 2.05) is 6.07 Å². The molecule has 1 aliphatic rings. The topological polar surface area (TPSA) is 47.6 Å². The largest absolute Gasteiger partial charge is 0.381 e. The average molecular weight is 432 g/mol. The normalized spacial score (nSPS) is 16.0. The van der Waals surface area contributed by atoms with Crippen LogP contribution in [0.4, 0.5) is 8.78 Å². The van der Waals surface area contributed by atoms with Crippen molar-refractivity contribution in [2.45, 2.75) is 24.9 Å². The molecule has 1 saturated heterocycles.